The van der Waals surface area contributed by atoms with Crippen LogP contribution < -0.4 is 15.4 Å². The van der Waals surface area contributed by atoms with Crippen molar-refractivity contribution in [3.05, 3.63) is 46.8 Å². The van der Waals surface area contributed by atoms with Crippen LogP contribution in [-0.2, 0) is 26.3 Å². The highest BCUT2D eigenvalue weighted by Gasteiger charge is 2.36. The molecule has 1 aromatic heterocycles. The Morgan fingerprint density at radius 3 is 2.63 bits per heavy atom. The molecule has 0 saturated carbocycles. The van der Waals surface area contributed by atoms with Crippen molar-refractivity contribution >= 4 is 5.96 Å². The molecule has 2 N–H and O–H groups in total. The number of alkyl halides is 3. The van der Waals surface area contributed by atoms with Crippen molar-refractivity contribution in [2.45, 2.75) is 33.1 Å². The maximum atomic E-state index is 13.1. The van der Waals surface area contributed by atoms with Crippen LogP contribution in [0.4, 0.5) is 13.2 Å². The number of hydrogen-bond acceptors (Lipinski definition) is 3. The average molecular weight is 383 g/mol. The van der Waals surface area contributed by atoms with E-state index in [2.05, 4.69) is 20.7 Å². The average Bonchev–Trinajstić information content (AvgIpc) is 2.99. The third-order valence-corrected chi connectivity index (χ3v) is 3.81. The van der Waals surface area contributed by atoms with Crippen molar-refractivity contribution < 1.29 is 17.9 Å². The van der Waals surface area contributed by atoms with Crippen LogP contribution in [0.1, 0.15) is 29.3 Å². The lowest BCUT2D eigenvalue weighted by Crippen LogP contribution is -2.36. The number of nitrogens with zero attached hydrogens (tertiary/aromatic N) is 3. The van der Waals surface area contributed by atoms with Crippen molar-refractivity contribution in [2.24, 2.45) is 12.0 Å². The molecule has 0 saturated heterocycles. The fourth-order valence-electron chi connectivity index (χ4n) is 2.57. The number of aliphatic imine (C=N–C) groups is 1. The lowest BCUT2D eigenvalue weighted by molar-refractivity contribution is -0.142. The van der Waals surface area contributed by atoms with Gasteiger partial charge in [-0.1, -0.05) is 12.1 Å². The van der Waals surface area contributed by atoms with Crippen molar-refractivity contribution in [2.75, 3.05) is 13.7 Å². The van der Waals surface area contributed by atoms with Gasteiger partial charge in [0.15, 0.2) is 11.7 Å². The summed E-state index contributed by atoms with van der Waals surface area (Å²) in [6, 6.07) is 5.83. The van der Waals surface area contributed by atoms with Gasteiger partial charge in [-0.25, -0.2) is 4.99 Å². The third-order valence-electron chi connectivity index (χ3n) is 3.81. The van der Waals surface area contributed by atoms with Gasteiger partial charge >= 0.3 is 6.18 Å². The molecule has 6 nitrogen and oxygen atoms in total. The van der Waals surface area contributed by atoms with Crippen LogP contribution in [0, 0.1) is 6.92 Å². The Morgan fingerprint density at radius 2 is 2.00 bits per heavy atom. The van der Waals surface area contributed by atoms with Crippen molar-refractivity contribution in [3.8, 4) is 5.75 Å². The normalized spacial score (nSPS) is 12.2. The van der Waals surface area contributed by atoms with E-state index < -0.39 is 11.9 Å². The van der Waals surface area contributed by atoms with Crippen LogP contribution in [0.2, 0.25) is 0 Å². The summed E-state index contributed by atoms with van der Waals surface area (Å²) in [5.41, 5.74) is 1.11. The summed E-state index contributed by atoms with van der Waals surface area (Å²) >= 11 is 0. The largest absolute Gasteiger partial charge is 0.496 e. The second kappa shape index (κ2) is 8.79. The van der Waals surface area contributed by atoms with E-state index in [4.69, 9.17) is 4.74 Å². The maximum absolute atomic E-state index is 13.1. The van der Waals surface area contributed by atoms with Gasteiger partial charge in [-0.15, -0.1) is 0 Å². The van der Waals surface area contributed by atoms with Gasteiger partial charge in [0.05, 0.1) is 13.7 Å². The van der Waals surface area contributed by atoms with E-state index in [1.165, 1.54) is 13.2 Å². The van der Waals surface area contributed by atoms with Crippen molar-refractivity contribution in [1.29, 1.82) is 0 Å². The van der Waals surface area contributed by atoms with E-state index in [1.54, 1.807) is 7.11 Å². The lowest BCUT2D eigenvalue weighted by Gasteiger charge is -2.14. The number of rotatable bonds is 6. The van der Waals surface area contributed by atoms with E-state index in [0.29, 0.717) is 19.0 Å². The van der Waals surface area contributed by atoms with E-state index in [9.17, 15) is 13.2 Å². The minimum absolute atomic E-state index is 0.0233. The van der Waals surface area contributed by atoms with Crippen LogP contribution >= 0.6 is 0 Å². The number of ether oxygens (including phenoxy) is 1. The fourth-order valence-corrected chi connectivity index (χ4v) is 2.57. The molecule has 27 heavy (non-hydrogen) atoms. The SMILES string of the molecule is CCNC(=NCc1cn(C)nc1C(F)(F)F)NCc1ccc(C)cc1OC. The molecule has 0 bridgehead atoms. The summed E-state index contributed by atoms with van der Waals surface area (Å²) in [5.74, 6) is 1.15. The molecular formula is C18H24F3N5O. The topological polar surface area (TPSA) is 63.5 Å². The molecular weight excluding hydrogens is 359 g/mol. The zero-order valence-electron chi connectivity index (χ0n) is 15.8. The number of benzene rings is 1. The van der Waals surface area contributed by atoms with Crippen LogP contribution in [0.5, 0.6) is 5.75 Å². The monoisotopic (exact) mass is 383 g/mol. The van der Waals surface area contributed by atoms with Gasteiger partial charge in [0.1, 0.15) is 5.75 Å². The standard InChI is InChI=1S/C18H24F3N5O/c1-5-22-17(23-9-13-7-6-12(2)8-15(13)27-4)24-10-14-11-26(3)25-16(14)18(19,20)21/h6-8,11H,5,9-10H2,1-4H3,(H2,22,23,24). The first kappa shape index (κ1) is 20.6. The molecule has 1 heterocycles. The van der Waals surface area contributed by atoms with E-state index in [0.717, 1.165) is 21.6 Å². The number of guanidine groups is 1. The van der Waals surface area contributed by atoms with Gasteiger partial charge < -0.3 is 15.4 Å². The van der Waals surface area contributed by atoms with E-state index in [-0.39, 0.29) is 12.1 Å². The molecule has 0 fully saturated rings. The van der Waals surface area contributed by atoms with Gasteiger partial charge in [-0.05, 0) is 25.5 Å². The van der Waals surface area contributed by atoms with Gasteiger partial charge in [0.2, 0.25) is 0 Å². The lowest BCUT2D eigenvalue weighted by atomic mass is 10.1. The number of nitrogens with one attached hydrogen (secondary N) is 2. The third kappa shape index (κ3) is 5.63. The Bertz CT molecular complexity index is 799. The summed E-state index contributed by atoms with van der Waals surface area (Å²) in [5, 5.41) is 9.64. The zero-order valence-corrected chi connectivity index (χ0v) is 15.8. The number of methoxy groups -OCH3 is 1. The minimum atomic E-state index is -4.51. The molecule has 0 amide bonds. The highest BCUT2D eigenvalue weighted by atomic mass is 19.4. The molecule has 2 aromatic rings. The van der Waals surface area contributed by atoms with Crippen LogP contribution in [0.25, 0.3) is 0 Å². The minimum Gasteiger partial charge on any atom is -0.496 e. The molecule has 1 aromatic carbocycles. The number of aryl methyl sites for hydroxylation is 2. The highest BCUT2D eigenvalue weighted by molar-refractivity contribution is 5.79. The van der Waals surface area contributed by atoms with Gasteiger partial charge in [0, 0.05) is 37.5 Å². The highest BCUT2D eigenvalue weighted by Crippen LogP contribution is 2.30. The Balaban J connectivity index is 2.14. The molecule has 0 unspecified atom stereocenters. The van der Waals surface area contributed by atoms with Gasteiger partial charge in [-0.2, -0.15) is 18.3 Å². The van der Waals surface area contributed by atoms with Crippen molar-refractivity contribution in [1.82, 2.24) is 20.4 Å². The summed E-state index contributed by atoms with van der Waals surface area (Å²) in [4.78, 5) is 4.26. The smallest absolute Gasteiger partial charge is 0.435 e. The maximum Gasteiger partial charge on any atom is 0.435 e. The molecule has 0 atom stereocenters. The number of hydrogen-bond donors (Lipinski definition) is 2. The molecule has 0 aliphatic heterocycles. The predicted molar refractivity (Wildman–Crippen MR) is 97.6 cm³/mol. The Labute approximate surface area is 156 Å². The Kier molecular flexibility index (Phi) is 6.70. The molecule has 0 radical (unpaired) electrons. The summed E-state index contributed by atoms with van der Waals surface area (Å²) in [7, 11) is 3.05. The molecule has 0 spiro atoms. The molecule has 0 aliphatic rings. The summed E-state index contributed by atoms with van der Waals surface area (Å²) in [6.45, 7) is 4.72. The Morgan fingerprint density at radius 1 is 1.26 bits per heavy atom. The zero-order chi connectivity index (χ0) is 20.0. The molecule has 9 heteroatoms. The van der Waals surface area contributed by atoms with E-state index in [1.807, 2.05) is 32.0 Å². The van der Waals surface area contributed by atoms with Gasteiger partial charge in [0.25, 0.3) is 0 Å². The van der Waals surface area contributed by atoms with E-state index >= 15 is 0 Å². The molecule has 2 rings (SSSR count). The number of halogens is 3. The first-order valence-electron chi connectivity index (χ1n) is 8.50. The van der Waals surface area contributed by atoms with Crippen LogP contribution in [0.15, 0.2) is 29.4 Å². The van der Waals surface area contributed by atoms with Crippen molar-refractivity contribution in [3.63, 3.8) is 0 Å². The fraction of sp³-hybridized carbons (Fsp3) is 0.444. The summed E-state index contributed by atoms with van der Waals surface area (Å²) < 4.78 is 45.7. The summed E-state index contributed by atoms with van der Waals surface area (Å²) in [6.07, 6.45) is -3.17. The second-order valence-corrected chi connectivity index (χ2v) is 6.04. The van der Waals surface area contributed by atoms with Crippen LogP contribution in [-0.4, -0.2) is 29.4 Å². The first-order valence-corrected chi connectivity index (χ1v) is 8.50. The quantitative estimate of drug-likeness (QED) is 0.595. The number of aromatic nitrogens is 2. The molecule has 148 valence electrons. The first-order chi connectivity index (χ1) is 12.7. The van der Waals surface area contributed by atoms with Gasteiger partial charge in [-0.3, -0.25) is 4.68 Å². The molecule has 0 aliphatic carbocycles. The second-order valence-electron chi connectivity index (χ2n) is 6.04. The predicted octanol–water partition coefficient (Wildman–Crippen LogP) is 3.01. The Hall–Kier alpha value is -2.71. The van der Waals surface area contributed by atoms with Crippen LogP contribution in [0.3, 0.4) is 0 Å².